The minimum atomic E-state index is -0.564. The van der Waals surface area contributed by atoms with Crippen LogP contribution >= 0.6 is 0 Å². The van der Waals surface area contributed by atoms with Crippen molar-refractivity contribution in [2.45, 2.75) is 0 Å². The molecule has 0 bridgehead atoms. The molecule has 5 rings (SSSR count). The van der Waals surface area contributed by atoms with Crippen molar-refractivity contribution < 1.29 is 13.7 Å². The largest absolute Gasteiger partial charge is 0.227 e. The Morgan fingerprint density at radius 1 is 0.615 bits per heavy atom. The van der Waals surface area contributed by atoms with E-state index in [0.29, 0.717) is 16.3 Å². The standard InChI is InChI=1S/C24H16N2/c1-3-10-18(11-4-1)22-21-16-15-17-9-7-8-14-20(17)23(21)26-24(25-22)19-12-5-2-6-13-19/h1-16H/i1D,2D,3D,4D,5D,6D,10D,11D,12D,13D. The van der Waals surface area contributed by atoms with Crippen LogP contribution in [0, 0.1) is 0 Å². The molecule has 0 N–H and O–H groups in total. The second-order valence-electron chi connectivity index (χ2n) is 5.58. The minimum absolute atomic E-state index is 0.00423. The summed E-state index contributed by atoms with van der Waals surface area (Å²) in [6.07, 6.45) is 0. The lowest BCUT2D eigenvalue weighted by Crippen LogP contribution is -1.95. The molecular formula is C24H16N2. The number of nitrogens with zero attached hydrogens (tertiary/aromatic N) is 2. The van der Waals surface area contributed by atoms with E-state index in [1.54, 1.807) is 24.3 Å². The SMILES string of the molecule is [2H]c1c([2H])c([2H])c(-c2nc(-c3c([2H])c([2H])c([2H])c([2H])c3[2H])c3ccc4ccccc4c3n2)c([2H])c1[2H]. The van der Waals surface area contributed by atoms with Gasteiger partial charge in [-0.3, -0.25) is 0 Å². The van der Waals surface area contributed by atoms with Gasteiger partial charge in [-0.2, -0.15) is 0 Å². The Bertz CT molecular complexity index is 1690. The summed E-state index contributed by atoms with van der Waals surface area (Å²) in [7, 11) is 0. The van der Waals surface area contributed by atoms with Crippen LogP contribution in [-0.4, -0.2) is 9.97 Å². The zero-order valence-corrected chi connectivity index (χ0v) is 13.4. The predicted molar refractivity (Wildman–Crippen MR) is 108 cm³/mol. The van der Waals surface area contributed by atoms with Crippen LogP contribution in [0.3, 0.4) is 0 Å². The Morgan fingerprint density at radius 3 is 2.08 bits per heavy atom. The third kappa shape index (κ3) is 2.44. The molecule has 0 radical (unpaired) electrons. The van der Waals surface area contributed by atoms with Gasteiger partial charge in [0.25, 0.3) is 0 Å². The van der Waals surface area contributed by atoms with Crippen LogP contribution < -0.4 is 0 Å². The fourth-order valence-corrected chi connectivity index (χ4v) is 2.90. The molecule has 0 aliphatic rings. The molecule has 2 heteroatoms. The first-order valence-electron chi connectivity index (χ1n) is 12.9. The van der Waals surface area contributed by atoms with Gasteiger partial charge < -0.3 is 0 Å². The second-order valence-corrected chi connectivity index (χ2v) is 5.58. The van der Waals surface area contributed by atoms with E-state index >= 15 is 0 Å². The van der Waals surface area contributed by atoms with E-state index in [1.165, 1.54) is 0 Å². The highest BCUT2D eigenvalue weighted by Gasteiger charge is 2.13. The van der Waals surface area contributed by atoms with E-state index in [4.69, 9.17) is 13.7 Å². The topological polar surface area (TPSA) is 25.8 Å². The molecule has 0 aliphatic carbocycles. The molecule has 4 aromatic carbocycles. The van der Waals surface area contributed by atoms with Gasteiger partial charge in [0.15, 0.2) is 5.82 Å². The van der Waals surface area contributed by atoms with Gasteiger partial charge in [-0.15, -0.1) is 0 Å². The van der Waals surface area contributed by atoms with E-state index in [9.17, 15) is 0 Å². The van der Waals surface area contributed by atoms with E-state index < -0.39 is 60.4 Å². The predicted octanol–water partition coefficient (Wildman–Crippen LogP) is 6.12. The highest BCUT2D eigenvalue weighted by atomic mass is 14.9. The van der Waals surface area contributed by atoms with Gasteiger partial charge in [0.1, 0.15) is 0 Å². The van der Waals surface area contributed by atoms with Crippen molar-refractivity contribution >= 4 is 21.7 Å². The molecule has 0 saturated heterocycles. The summed E-state index contributed by atoms with van der Waals surface area (Å²) in [5, 5.41) is 1.87. The molecule has 0 amide bonds. The Kier molecular flexibility index (Phi) is 1.82. The first-order valence-corrected chi connectivity index (χ1v) is 7.88. The third-order valence-electron chi connectivity index (χ3n) is 4.05. The summed E-state index contributed by atoms with van der Waals surface area (Å²) in [6.45, 7) is 0. The second kappa shape index (κ2) is 6.08. The first kappa shape index (κ1) is 7.79. The summed E-state index contributed by atoms with van der Waals surface area (Å²) in [4.78, 5) is 9.05. The molecule has 0 atom stereocenters. The average molecular weight is 342 g/mol. The van der Waals surface area contributed by atoms with Gasteiger partial charge in [0.2, 0.25) is 0 Å². The lowest BCUT2D eigenvalue weighted by atomic mass is 10.0. The number of rotatable bonds is 2. The first-order chi connectivity index (χ1) is 17.0. The quantitative estimate of drug-likeness (QED) is 0.361. The van der Waals surface area contributed by atoms with Crippen molar-refractivity contribution in [3.05, 3.63) is 96.8 Å². The molecule has 0 fully saturated rings. The Balaban J connectivity index is 2.01. The lowest BCUT2D eigenvalue weighted by molar-refractivity contribution is 1.23. The summed E-state index contributed by atoms with van der Waals surface area (Å²) < 4.78 is 81.9. The van der Waals surface area contributed by atoms with Crippen molar-refractivity contribution in [3.8, 4) is 22.6 Å². The molecule has 1 aromatic heterocycles. The highest BCUT2D eigenvalue weighted by Crippen LogP contribution is 2.32. The number of fused-ring (bicyclic) bond motifs is 3. The van der Waals surface area contributed by atoms with Crippen LogP contribution in [0.2, 0.25) is 0 Å². The molecule has 5 aromatic rings. The van der Waals surface area contributed by atoms with Crippen molar-refractivity contribution in [3.63, 3.8) is 0 Å². The van der Waals surface area contributed by atoms with Crippen molar-refractivity contribution in [2.75, 3.05) is 0 Å². The van der Waals surface area contributed by atoms with Crippen LogP contribution in [0.4, 0.5) is 0 Å². The van der Waals surface area contributed by atoms with E-state index in [2.05, 4.69) is 9.97 Å². The van der Waals surface area contributed by atoms with Gasteiger partial charge in [-0.25, -0.2) is 9.97 Å². The molecule has 0 aliphatic heterocycles. The maximum absolute atomic E-state index is 8.48. The van der Waals surface area contributed by atoms with Gasteiger partial charge in [0, 0.05) is 21.9 Å². The maximum Gasteiger partial charge on any atom is 0.160 e. The molecular weight excluding hydrogens is 316 g/mol. The molecule has 0 saturated carbocycles. The molecule has 2 nitrogen and oxygen atoms in total. The fraction of sp³-hybridized carbons (Fsp3) is 0. The van der Waals surface area contributed by atoms with E-state index in [0.717, 1.165) is 5.39 Å². The zero-order chi connectivity index (χ0) is 26.0. The normalized spacial score (nSPS) is 16.5. The van der Waals surface area contributed by atoms with Crippen molar-refractivity contribution in [2.24, 2.45) is 0 Å². The van der Waals surface area contributed by atoms with Crippen LogP contribution in [0.5, 0.6) is 0 Å². The fourth-order valence-electron chi connectivity index (χ4n) is 2.90. The Labute approximate surface area is 165 Å². The van der Waals surface area contributed by atoms with Crippen LogP contribution in [0.25, 0.3) is 44.3 Å². The summed E-state index contributed by atoms with van der Waals surface area (Å²) in [5.41, 5.74) is -0.0574. The van der Waals surface area contributed by atoms with Crippen LogP contribution in [0.15, 0.2) is 96.8 Å². The highest BCUT2D eigenvalue weighted by molar-refractivity contribution is 6.09. The maximum atomic E-state index is 8.48. The summed E-state index contributed by atoms with van der Waals surface area (Å²) in [6, 6.07) is 5.48. The van der Waals surface area contributed by atoms with E-state index in [1.807, 2.05) is 12.1 Å². The van der Waals surface area contributed by atoms with Crippen molar-refractivity contribution in [1.82, 2.24) is 9.97 Å². The minimum Gasteiger partial charge on any atom is -0.227 e. The zero-order valence-electron chi connectivity index (χ0n) is 23.4. The molecule has 0 spiro atoms. The summed E-state index contributed by atoms with van der Waals surface area (Å²) >= 11 is 0. The Morgan fingerprint density at radius 2 is 1.31 bits per heavy atom. The monoisotopic (exact) mass is 342 g/mol. The molecule has 122 valence electrons. The number of hydrogen-bond donors (Lipinski definition) is 0. The Hall–Kier alpha value is -3.52. The lowest BCUT2D eigenvalue weighted by Gasteiger charge is -2.11. The molecule has 0 unspecified atom stereocenters. The van der Waals surface area contributed by atoms with Crippen LogP contribution in [-0.2, 0) is 0 Å². The molecule has 1 heterocycles. The summed E-state index contributed by atoms with van der Waals surface area (Å²) in [5.74, 6) is -0.210. The van der Waals surface area contributed by atoms with Gasteiger partial charge >= 0.3 is 0 Å². The number of benzene rings is 4. The van der Waals surface area contributed by atoms with Crippen LogP contribution in [0.1, 0.15) is 13.7 Å². The van der Waals surface area contributed by atoms with Gasteiger partial charge in [-0.05, 0) is 11.5 Å². The van der Waals surface area contributed by atoms with Gasteiger partial charge in [-0.1, -0.05) is 90.8 Å². The smallest absolute Gasteiger partial charge is 0.160 e. The number of hydrogen-bond acceptors (Lipinski definition) is 2. The van der Waals surface area contributed by atoms with Gasteiger partial charge in [0.05, 0.1) is 24.9 Å². The van der Waals surface area contributed by atoms with Crippen molar-refractivity contribution in [1.29, 1.82) is 0 Å². The molecule has 26 heavy (non-hydrogen) atoms. The number of aromatic nitrogens is 2. The van der Waals surface area contributed by atoms with E-state index in [-0.39, 0.29) is 22.6 Å². The average Bonchev–Trinajstić information content (AvgIpc) is 2.88. The third-order valence-corrected chi connectivity index (χ3v) is 4.05.